The van der Waals surface area contributed by atoms with Crippen molar-refractivity contribution in [3.05, 3.63) is 48.3 Å². The number of anilines is 1. The minimum atomic E-state index is -3.86. The Labute approximate surface area is 134 Å². The Morgan fingerprint density at radius 1 is 1.35 bits per heavy atom. The molecule has 1 amide bonds. The lowest BCUT2D eigenvalue weighted by molar-refractivity contribution is 0.0996. The number of primary amides is 1. The third-order valence-corrected chi connectivity index (χ3v) is 4.28. The Balaban J connectivity index is 2.35. The van der Waals surface area contributed by atoms with Gasteiger partial charge in [0, 0.05) is 6.20 Å². The number of nitrogens with one attached hydrogen (secondary N) is 1. The molecule has 7 nitrogen and oxygen atoms in total. The number of rotatable bonds is 7. The summed E-state index contributed by atoms with van der Waals surface area (Å²) in [6.07, 6.45) is 3.66. The van der Waals surface area contributed by atoms with Crippen molar-refractivity contribution in [2.24, 2.45) is 5.73 Å². The maximum atomic E-state index is 12.4. The first-order chi connectivity index (χ1) is 10.9. The van der Waals surface area contributed by atoms with Gasteiger partial charge < -0.3 is 10.5 Å². The summed E-state index contributed by atoms with van der Waals surface area (Å²) in [5, 5.41) is 0. The first-order valence-electron chi connectivity index (χ1n) is 6.93. The fraction of sp³-hybridized carbons (Fsp3) is 0.200. The highest BCUT2D eigenvalue weighted by molar-refractivity contribution is 7.92. The Hall–Kier alpha value is -2.61. The number of ether oxygens (including phenoxy) is 1. The highest BCUT2D eigenvalue weighted by atomic mass is 32.2. The molecule has 3 N–H and O–H groups in total. The first-order valence-corrected chi connectivity index (χ1v) is 8.42. The van der Waals surface area contributed by atoms with Gasteiger partial charge in [0.1, 0.15) is 5.75 Å². The predicted octanol–water partition coefficient (Wildman–Crippen LogP) is 1.77. The molecule has 0 bridgehead atoms. The standard InChI is InChI=1S/C15H17N3O4S/c1-2-8-22-14-6-5-12(9-13(14)15(16)19)23(20,21)18-11-4-3-7-17-10-11/h3-7,9-10,18H,2,8H2,1H3,(H2,16,19). The SMILES string of the molecule is CCCOc1ccc(S(=O)(=O)Nc2cccnc2)cc1C(N)=O. The molecular weight excluding hydrogens is 318 g/mol. The molecule has 0 aliphatic rings. The van der Waals surface area contributed by atoms with Gasteiger partial charge in [-0.1, -0.05) is 6.92 Å². The van der Waals surface area contributed by atoms with Crippen LogP contribution in [0.3, 0.4) is 0 Å². The Morgan fingerprint density at radius 2 is 2.13 bits per heavy atom. The smallest absolute Gasteiger partial charge is 0.261 e. The highest BCUT2D eigenvalue weighted by Gasteiger charge is 2.19. The highest BCUT2D eigenvalue weighted by Crippen LogP contribution is 2.24. The van der Waals surface area contributed by atoms with E-state index in [2.05, 4.69) is 9.71 Å². The van der Waals surface area contributed by atoms with Crippen molar-refractivity contribution in [3.63, 3.8) is 0 Å². The average molecular weight is 335 g/mol. The zero-order valence-corrected chi connectivity index (χ0v) is 13.3. The van der Waals surface area contributed by atoms with Gasteiger partial charge >= 0.3 is 0 Å². The van der Waals surface area contributed by atoms with E-state index in [0.717, 1.165) is 6.42 Å². The van der Waals surface area contributed by atoms with Crippen LogP contribution in [-0.4, -0.2) is 25.9 Å². The first kappa shape index (κ1) is 16.8. The lowest BCUT2D eigenvalue weighted by Gasteiger charge is -2.12. The van der Waals surface area contributed by atoms with Gasteiger partial charge in [-0.3, -0.25) is 14.5 Å². The lowest BCUT2D eigenvalue weighted by Crippen LogP contribution is -2.17. The Kier molecular flexibility index (Phi) is 5.17. The zero-order valence-electron chi connectivity index (χ0n) is 12.5. The quantitative estimate of drug-likeness (QED) is 0.801. The number of amides is 1. The van der Waals surface area contributed by atoms with Crippen LogP contribution in [0.2, 0.25) is 0 Å². The maximum Gasteiger partial charge on any atom is 0.261 e. The number of hydrogen-bond acceptors (Lipinski definition) is 5. The summed E-state index contributed by atoms with van der Waals surface area (Å²) in [5.74, 6) is -0.491. The summed E-state index contributed by atoms with van der Waals surface area (Å²) in [4.78, 5) is 15.3. The molecule has 0 aliphatic carbocycles. The molecule has 0 aliphatic heterocycles. The molecule has 8 heteroatoms. The van der Waals surface area contributed by atoms with E-state index >= 15 is 0 Å². The number of carbonyl (C=O) groups excluding carboxylic acids is 1. The van der Waals surface area contributed by atoms with Crippen LogP contribution in [0.1, 0.15) is 23.7 Å². The topological polar surface area (TPSA) is 111 Å². The molecule has 0 saturated heterocycles. The van der Waals surface area contributed by atoms with Crippen molar-refractivity contribution in [1.82, 2.24) is 4.98 Å². The molecule has 0 atom stereocenters. The molecule has 122 valence electrons. The Morgan fingerprint density at radius 3 is 2.74 bits per heavy atom. The van der Waals surface area contributed by atoms with Gasteiger partial charge in [0.15, 0.2) is 0 Å². The summed E-state index contributed by atoms with van der Waals surface area (Å²) in [6, 6.07) is 7.16. The van der Waals surface area contributed by atoms with E-state index in [1.54, 1.807) is 12.1 Å². The number of aromatic nitrogens is 1. The van der Waals surface area contributed by atoms with E-state index in [1.165, 1.54) is 30.6 Å². The predicted molar refractivity (Wildman–Crippen MR) is 85.8 cm³/mol. The van der Waals surface area contributed by atoms with Crippen molar-refractivity contribution < 1.29 is 17.9 Å². The monoisotopic (exact) mass is 335 g/mol. The van der Waals surface area contributed by atoms with Gasteiger partial charge in [0.2, 0.25) is 0 Å². The van der Waals surface area contributed by atoms with Crippen LogP contribution in [0.5, 0.6) is 5.75 Å². The molecule has 23 heavy (non-hydrogen) atoms. The number of hydrogen-bond donors (Lipinski definition) is 2. The molecule has 1 heterocycles. The van der Waals surface area contributed by atoms with Crippen LogP contribution in [0.4, 0.5) is 5.69 Å². The number of nitrogens with two attached hydrogens (primary N) is 1. The number of sulfonamides is 1. The summed E-state index contributed by atoms with van der Waals surface area (Å²) in [5.41, 5.74) is 5.65. The minimum absolute atomic E-state index is 0.0208. The van der Waals surface area contributed by atoms with E-state index in [-0.39, 0.29) is 16.2 Å². The van der Waals surface area contributed by atoms with E-state index < -0.39 is 15.9 Å². The van der Waals surface area contributed by atoms with E-state index in [0.29, 0.717) is 12.3 Å². The lowest BCUT2D eigenvalue weighted by atomic mass is 10.2. The van der Waals surface area contributed by atoms with Gasteiger partial charge in [0.05, 0.1) is 29.0 Å². The molecule has 2 aromatic rings. The minimum Gasteiger partial charge on any atom is -0.493 e. The molecule has 2 rings (SSSR count). The van der Waals surface area contributed by atoms with Gasteiger partial charge in [-0.05, 0) is 36.8 Å². The summed E-state index contributed by atoms with van der Waals surface area (Å²) >= 11 is 0. The molecule has 0 spiro atoms. The van der Waals surface area contributed by atoms with Crippen molar-refractivity contribution >= 4 is 21.6 Å². The Bertz CT molecular complexity index is 792. The molecule has 1 aromatic heterocycles. The van der Waals surface area contributed by atoms with Crippen LogP contribution in [-0.2, 0) is 10.0 Å². The second-order valence-corrected chi connectivity index (χ2v) is 6.40. The van der Waals surface area contributed by atoms with Crippen molar-refractivity contribution in [2.75, 3.05) is 11.3 Å². The second kappa shape index (κ2) is 7.10. The normalized spacial score (nSPS) is 11.0. The summed E-state index contributed by atoms with van der Waals surface area (Å²) < 4.78 is 32.5. The molecular formula is C15H17N3O4S. The largest absolute Gasteiger partial charge is 0.493 e. The third kappa shape index (κ3) is 4.19. The van der Waals surface area contributed by atoms with Crippen molar-refractivity contribution in [1.29, 1.82) is 0 Å². The number of pyridine rings is 1. The van der Waals surface area contributed by atoms with Crippen molar-refractivity contribution in [2.45, 2.75) is 18.2 Å². The molecule has 0 saturated carbocycles. The van der Waals surface area contributed by atoms with Gasteiger partial charge in [-0.25, -0.2) is 8.42 Å². The molecule has 0 fully saturated rings. The van der Waals surface area contributed by atoms with Crippen LogP contribution in [0.15, 0.2) is 47.6 Å². The van der Waals surface area contributed by atoms with Crippen molar-refractivity contribution in [3.8, 4) is 5.75 Å². The number of nitrogens with zero attached hydrogens (tertiary/aromatic N) is 1. The van der Waals surface area contributed by atoms with Crippen LogP contribution >= 0.6 is 0 Å². The zero-order chi connectivity index (χ0) is 16.9. The van der Waals surface area contributed by atoms with E-state index in [9.17, 15) is 13.2 Å². The van der Waals surface area contributed by atoms with Gasteiger partial charge in [-0.15, -0.1) is 0 Å². The van der Waals surface area contributed by atoms with Crippen LogP contribution in [0.25, 0.3) is 0 Å². The van der Waals surface area contributed by atoms with Gasteiger partial charge in [-0.2, -0.15) is 0 Å². The number of carbonyl (C=O) groups is 1. The average Bonchev–Trinajstić information content (AvgIpc) is 2.53. The van der Waals surface area contributed by atoms with Gasteiger partial charge in [0.25, 0.3) is 15.9 Å². The third-order valence-electron chi connectivity index (χ3n) is 2.90. The number of benzene rings is 1. The second-order valence-electron chi connectivity index (χ2n) is 4.72. The van der Waals surface area contributed by atoms with E-state index in [1.807, 2.05) is 6.92 Å². The fourth-order valence-electron chi connectivity index (χ4n) is 1.84. The van der Waals surface area contributed by atoms with Crippen LogP contribution < -0.4 is 15.2 Å². The maximum absolute atomic E-state index is 12.4. The molecule has 1 aromatic carbocycles. The summed E-state index contributed by atoms with van der Waals surface area (Å²) in [6.45, 7) is 2.32. The molecule has 0 unspecified atom stereocenters. The van der Waals surface area contributed by atoms with E-state index in [4.69, 9.17) is 10.5 Å². The fourth-order valence-corrected chi connectivity index (χ4v) is 2.91. The molecule has 0 radical (unpaired) electrons. The summed E-state index contributed by atoms with van der Waals surface area (Å²) in [7, 11) is -3.86. The van der Waals surface area contributed by atoms with Crippen LogP contribution in [0, 0.1) is 0 Å².